The molecule has 1 aliphatic rings. The van der Waals surface area contributed by atoms with Crippen molar-refractivity contribution in [2.75, 3.05) is 11.9 Å². The number of hydrogen-bond acceptors (Lipinski definition) is 8. The van der Waals surface area contributed by atoms with Gasteiger partial charge < -0.3 is 34.4 Å². The molecule has 4 N–H and O–H groups in total. The molecular weight excluding hydrogens is 328 g/mol. The number of rotatable bonds is 5. The van der Waals surface area contributed by atoms with Gasteiger partial charge >= 0.3 is 0 Å². The summed E-state index contributed by atoms with van der Waals surface area (Å²) in [6, 6.07) is 5.47. The number of ether oxygens (including phenoxy) is 1. The number of hydrogen-bond donors (Lipinski definition) is 4. The van der Waals surface area contributed by atoms with Gasteiger partial charge in [0.25, 0.3) is 0 Å². The first-order chi connectivity index (χ1) is 12.2. The molecule has 0 aromatic carbocycles. The lowest BCUT2D eigenvalue weighted by Crippen LogP contribution is -2.33. The van der Waals surface area contributed by atoms with E-state index >= 15 is 0 Å². The highest BCUT2D eigenvalue weighted by atomic mass is 16.6. The van der Waals surface area contributed by atoms with Crippen LogP contribution in [0.4, 0.5) is 5.82 Å². The molecule has 4 atom stereocenters. The summed E-state index contributed by atoms with van der Waals surface area (Å²) in [5.41, 5.74) is 0.548. The third-order valence-corrected chi connectivity index (χ3v) is 4.31. The SMILES string of the molecule is OC[C@H]1O[C@@H](n2ccc3c(NCc4ccco4)ncnc32)[C@H](O)[C@@H]1O. The van der Waals surface area contributed by atoms with E-state index in [1.54, 1.807) is 23.1 Å². The zero-order valence-electron chi connectivity index (χ0n) is 13.2. The summed E-state index contributed by atoms with van der Waals surface area (Å²) in [6.07, 6.45) is 0.717. The fraction of sp³-hybridized carbons (Fsp3) is 0.375. The lowest BCUT2D eigenvalue weighted by atomic mass is 10.1. The topological polar surface area (TPSA) is 126 Å². The second-order valence-electron chi connectivity index (χ2n) is 5.84. The number of aliphatic hydroxyl groups excluding tert-OH is 3. The standard InChI is InChI=1S/C16H18N4O5/c21-7-11-12(22)13(23)16(25-11)20-4-3-10-14(18-8-19-15(10)20)17-6-9-2-1-5-24-9/h1-5,8,11-13,16,21-23H,6-7H2,(H,17,18,19)/t11-,12-,13-,16-/m1/s1. The van der Waals surface area contributed by atoms with E-state index < -0.39 is 24.5 Å². The smallest absolute Gasteiger partial charge is 0.164 e. The Bertz CT molecular complexity index is 849. The van der Waals surface area contributed by atoms with Crippen molar-refractivity contribution in [3.8, 4) is 0 Å². The largest absolute Gasteiger partial charge is 0.467 e. The maximum Gasteiger partial charge on any atom is 0.164 e. The minimum absolute atomic E-state index is 0.376. The number of aromatic nitrogens is 3. The first-order valence-corrected chi connectivity index (χ1v) is 7.89. The zero-order chi connectivity index (χ0) is 17.4. The average molecular weight is 346 g/mol. The van der Waals surface area contributed by atoms with Crippen molar-refractivity contribution in [1.29, 1.82) is 0 Å². The maximum absolute atomic E-state index is 10.2. The Kier molecular flexibility index (Phi) is 4.14. The molecule has 0 amide bonds. The van der Waals surface area contributed by atoms with Crippen molar-refractivity contribution in [1.82, 2.24) is 14.5 Å². The molecule has 25 heavy (non-hydrogen) atoms. The molecule has 0 unspecified atom stereocenters. The highest BCUT2D eigenvalue weighted by Gasteiger charge is 2.43. The van der Waals surface area contributed by atoms with Crippen molar-refractivity contribution in [3.63, 3.8) is 0 Å². The molecule has 4 heterocycles. The van der Waals surface area contributed by atoms with Gasteiger partial charge in [0.1, 0.15) is 41.9 Å². The van der Waals surface area contributed by atoms with E-state index in [1.807, 2.05) is 12.1 Å². The number of anilines is 1. The van der Waals surface area contributed by atoms with Gasteiger partial charge in [0, 0.05) is 6.20 Å². The zero-order valence-corrected chi connectivity index (χ0v) is 13.2. The van der Waals surface area contributed by atoms with Crippen LogP contribution in [-0.4, -0.2) is 54.8 Å². The minimum Gasteiger partial charge on any atom is -0.467 e. The number of aliphatic hydroxyl groups is 3. The van der Waals surface area contributed by atoms with E-state index in [0.29, 0.717) is 18.0 Å². The summed E-state index contributed by atoms with van der Waals surface area (Å²) in [7, 11) is 0. The minimum atomic E-state index is -1.16. The van der Waals surface area contributed by atoms with Gasteiger partial charge in [-0.15, -0.1) is 0 Å². The normalized spacial score (nSPS) is 26.4. The van der Waals surface area contributed by atoms with Crippen molar-refractivity contribution in [2.24, 2.45) is 0 Å². The van der Waals surface area contributed by atoms with Crippen molar-refractivity contribution >= 4 is 16.9 Å². The molecule has 1 saturated heterocycles. The van der Waals surface area contributed by atoms with E-state index in [2.05, 4.69) is 15.3 Å². The van der Waals surface area contributed by atoms with Gasteiger partial charge in [-0.3, -0.25) is 0 Å². The molecule has 0 aliphatic carbocycles. The van der Waals surface area contributed by atoms with Crippen LogP contribution >= 0.6 is 0 Å². The molecule has 132 valence electrons. The highest BCUT2D eigenvalue weighted by Crippen LogP contribution is 2.33. The molecular formula is C16H18N4O5. The summed E-state index contributed by atoms with van der Waals surface area (Å²) in [5.74, 6) is 1.39. The Morgan fingerprint density at radius 2 is 2.08 bits per heavy atom. The Morgan fingerprint density at radius 1 is 1.20 bits per heavy atom. The number of nitrogens with one attached hydrogen (secondary N) is 1. The van der Waals surface area contributed by atoms with E-state index in [9.17, 15) is 15.3 Å². The van der Waals surface area contributed by atoms with Crippen LogP contribution in [0.2, 0.25) is 0 Å². The molecule has 9 nitrogen and oxygen atoms in total. The molecule has 0 radical (unpaired) electrons. The number of fused-ring (bicyclic) bond motifs is 1. The number of furan rings is 1. The van der Waals surface area contributed by atoms with E-state index in [1.165, 1.54) is 6.33 Å². The van der Waals surface area contributed by atoms with Crippen molar-refractivity contribution < 1.29 is 24.5 Å². The van der Waals surface area contributed by atoms with Gasteiger partial charge in [-0.2, -0.15) is 0 Å². The van der Waals surface area contributed by atoms with Crippen LogP contribution in [0.5, 0.6) is 0 Å². The summed E-state index contributed by atoms with van der Waals surface area (Å²) in [4.78, 5) is 8.50. The van der Waals surface area contributed by atoms with E-state index in [4.69, 9.17) is 9.15 Å². The summed E-state index contributed by atoms with van der Waals surface area (Å²) in [5, 5.41) is 33.3. The fourth-order valence-corrected chi connectivity index (χ4v) is 3.01. The Hall–Kier alpha value is -2.46. The third-order valence-electron chi connectivity index (χ3n) is 4.31. The van der Waals surface area contributed by atoms with Crippen molar-refractivity contribution in [3.05, 3.63) is 42.7 Å². The molecule has 1 aliphatic heterocycles. The summed E-state index contributed by atoms with van der Waals surface area (Å²) >= 11 is 0. The second kappa shape index (κ2) is 6.45. The summed E-state index contributed by atoms with van der Waals surface area (Å²) in [6.45, 7) is 0.0943. The van der Waals surface area contributed by atoms with Gasteiger partial charge in [-0.25, -0.2) is 9.97 Å². The maximum atomic E-state index is 10.2. The molecule has 0 bridgehead atoms. The van der Waals surface area contributed by atoms with Crippen LogP contribution in [0.1, 0.15) is 12.0 Å². The predicted octanol–water partition coefficient (Wildman–Crippen LogP) is 0.248. The molecule has 0 saturated carbocycles. The monoisotopic (exact) mass is 346 g/mol. The molecule has 0 spiro atoms. The third kappa shape index (κ3) is 2.76. The van der Waals surface area contributed by atoms with Gasteiger partial charge in [-0.05, 0) is 18.2 Å². The van der Waals surface area contributed by atoms with E-state index in [-0.39, 0.29) is 6.61 Å². The van der Waals surface area contributed by atoms with Crippen LogP contribution in [0.3, 0.4) is 0 Å². The highest BCUT2D eigenvalue weighted by molar-refractivity contribution is 5.87. The van der Waals surface area contributed by atoms with Gasteiger partial charge in [0.2, 0.25) is 0 Å². The molecule has 3 aromatic rings. The van der Waals surface area contributed by atoms with Gasteiger partial charge in [-0.1, -0.05) is 0 Å². The van der Waals surface area contributed by atoms with E-state index in [0.717, 1.165) is 11.1 Å². The Morgan fingerprint density at radius 3 is 2.80 bits per heavy atom. The lowest BCUT2D eigenvalue weighted by molar-refractivity contribution is -0.0508. The number of nitrogens with zero attached hydrogens (tertiary/aromatic N) is 3. The van der Waals surface area contributed by atoms with Crippen LogP contribution in [0.15, 0.2) is 41.4 Å². The molecule has 3 aromatic heterocycles. The first-order valence-electron chi connectivity index (χ1n) is 7.89. The van der Waals surface area contributed by atoms with Crippen LogP contribution < -0.4 is 5.32 Å². The molecule has 4 rings (SSSR count). The lowest BCUT2D eigenvalue weighted by Gasteiger charge is -2.17. The summed E-state index contributed by atoms with van der Waals surface area (Å²) < 4.78 is 12.5. The molecule has 1 fully saturated rings. The van der Waals surface area contributed by atoms with Crippen molar-refractivity contribution in [2.45, 2.75) is 31.1 Å². The van der Waals surface area contributed by atoms with Crippen LogP contribution in [0.25, 0.3) is 11.0 Å². The second-order valence-corrected chi connectivity index (χ2v) is 5.84. The predicted molar refractivity (Wildman–Crippen MR) is 86.6 cm³/mol. The fourth-order valence-electron chi connectivity index (χ4n) is 3.01. The van der Waals surface area contributed by atoms with Crippen LogP contribution in [0, 0.1) is 0 Å². The molecule has 9 heteroatoms. The first kappa shape index (κ1) is 16.0. The Balaban J connectivity index is 1.63. The quantitative estimate of drug-likeness (QED) is 0.518. The van der Waals surface area contributed by atoms with Crippen LogP contribution in [-0.2, 0) is 11.3 Å². The van der Waals surface area contributed by atoms with Gasteiger partial charge in [0.05, 0.1) is 24.8 Å². The van der Waals surface area contributed by atoms with Gasteiger partial charge in [0.15, 0.2) is 6.23 Å². The average Bonchev–Trinajstić information content (AvgIpc) is 3.34. The Labute approximate surface area is 142 Å².